The maximum absolute atomic E-state index is 12.9. The third-order valence-corrected chi connectivity index (χ3v) is 5.56. The number of thiophene rings is 1. The summed E-state index contributed by atoms with van der Waals surface area (Å²) in [4.78, 5) is 17.3. The van der Waals surface area contributed by atoms with Crippen LogP contribution in [0.3, 0.4) is 0 Å². The standard InChI is InChI=1S/C17H15FN4OS3/c1-10-14(26-16(20-10)12-6-7-25-9-12)15(23)21-22-17(24)19-8-11-2-4-13(18)5-3-11/h2-7,9H,8H2,1H3,(H,21,23)(H2,19,22,24). The van der Waals surface area contributed by atoms with E-state index in [1.807, 2.05) is 16.8 Å². The van der Waals surface area contributed by atoms with Crippen LogP contribution in [0.15, 0.2) is 41.1 Å². The fourth-order valence-electron chi connectivity index (χ4n) is 2.12. The van der Waals surface area contributed by atoms with Gasteiger partial charge in [-0.1, -0.05) is 12.1 Å². The monoisotopic (exact) mass is 406 g/mol. The predicted molar refractivity (Wildman–Crippen MR) is 107 cm³/mol. The van der Waals surface area contributed by atoms with Crippen LogP contribution in [-0.2, 0) is 6.54 Å². The summed E-state index contributed by atoms with van der Waals surface area (Å²) in [7, 11) is 0. The van der Waals surface area contributed by atoms with E-state index in [-0.39, 0.29) is 16.8 Å². The quantitative estimate of drug-likeness (QED) is 0.456. The molecule has 3 N–H and O–H groups in total. The van der Waals surface area contributed by atoms with Crippen molar-refractivity contribution in [2.75, 3.05) is 0 Å². The zero-order valence-corrected chi connectivity index (χ0v) is 16.2. The van der Waals surface area contributed by atoms with Crippen molar-refractivity contribution >= 4 is 45.9 Å². The van der Waals surface area contributed by atoms with Crippen molar-refractivity contribution in [3.05, 3.63) is 63.0 Å². The van der Waals surface area contributed by atoms with Gasteiger partial charge in [-0.05, 0) is 48.3 Å². The molecular formula is C17H15FN4OS3. The summed E-state index contributed by atoms with van der Waals surface area (Å²) >= 11 is 8.05. The summed E-state index contributed by atoms with van der Waals surface area (Å²) in [6.07, 6.45) is 0. The molecule has 0 unspecified atom stereocenters. The molecule has 2 aromatic heterocycles. The number of benzene rings is 1. The largest absolute Gasteiger partial charge is 0.357 e. The molecule has 0 fully saturated rings. The summed E-state index contributed by atoms with van der Waals surface area (Å²) in [5, 5.41) is 7.98. The minimum Gasteiger partial charge on any atom is -0.357 e. The lowest BCUT2D eigenvalue weighted by Crippen LogP contribution is -2.46. The molecule has 26 heavy (non-hydrogen) atoms. The van der Waals surface area contributed by atoms with Gasteiger partial charge in [0.25, 0.3) is 5.91 Å². The number of nitrogens with zero attached hydrogens (tertiary/aromatic N) is 1. The van der Waals surface area contributed by atoms with Crippen molar-refractivity contribution in [3.8, 4) is 10.6 Å². The van der Waals surface area contributed by atoms with Gasteiger partial charge in [0.2, 0.25) is 0 Å². The van der Waals surface area contributed by atoms with E-state index in [4.69, 9.17) is 12.2 Å². The summed E-state index contributed by atoms with van der Waals surface area (Å²) in [6, 6.07) is 8.06. The molecule has 3 rings (SSSR count). The number of aryl methyl sites for hydroxylation is 1. The zero-order valence-electron chi connectivity index (χ0n) is 13.7. The molecule has 1 aromatic carbocycles. The fraction of sp³-hybridized carbons (Fsp3) is 0.118. The smallest absolute Gasteiger partial charge is 0.281 e. The second-order valence-corrected chi connectivity index (χ2v) is 7.52. The van der Waals surface area contributed by atoms with E-state index >= 15 is 0 Å². The molecule has 0 saturated carbocycles. The summed E-state index contributed by atoms with van der Waals surface area (Å²) in [6.45, 7) is 2.22. The van der Waals surface area contributed by atoms with Gasteiger partial charge in [-0.3, -0.25) is 15.6 Å². The Hall–Kier alpha value is -2.36. The number of hydrogen-bond acceptors (Lipinski definition) is 5. The van der Waals surface area contributed by atoms with Gasteiger partial charge in [0.15, 0.2) is 5.11 Å². The van der Waals surface area contributed by atoms with E-state index in [1.54, 1.807) is 30.4 Å². The Labute approximate surface area is 163 Å². The molecule has 2 heterocycles. The second kappa shape index (κ2) is 8.35. The van der Waals surface area contributed by atoms with E-state index in [0.29, 0.717) is 17.1 Å². The van der Waals surface area contributed by atoms with Crippen molar-refractivity contribution in [2.45, 2.75) is 13.5 Å². The van der Waals surface area contributed by atoms with Crippen LogP contribution in [0.5, 0.6) is 0 Å². The molecule has 134 valence electrons. The van der Waals surface area contributed by atoms with E-state index in [9.17, 15) is 9.18 Å². The Morgan fingerprint density at radius 3 is 2.69 bits per heavy atom. The molecule has 0 aliphatic rings. The van der Waals surface area contributed by atoms with Crippen LogP contribution in [-0.4, -0.2) is 16.0 Å². The summed E-state index contributed by atoms with van der Waals surface area (Å²) < 4.78 is 12.9. The predicted octanol–water partition coefficient (Wildman–Crippen LogP) is 3.63. The van der Waals surface area contributed by atoms with Gasteiger partial charge in [-0.15, -0.1) is 11.3 Å². The Kier molecular flexibility index (Phi) is 5.92. The molecule has 0 saturated heterocycles. The molecular weight excluding hydrogens is 391 g/mol. The maximum atomic E-state index is 12.9. The van der Waals surface area contributed by atoms with Crippen LogP contribution >= 0.6 is 34.9 Å². The summed E-state index contributed by atoms with van der Waals surface area (Å²) in [5.74, 6) is -0.587. The molecule has 0 atom stereocenters. The van der Waals surface area contributed by atoms with Crippen LogP contribution in [0.25, 0.3) is 10.6 Å². The van der Waals surface area contributed by atoms with Gasteiger partial charge < -0.3 is 5.32 Å². The first-order valence-electron chi connectivity index (χ1n) is 7.61. The lowest BCUT2D eigenvalue weighted by atomic mass is 10.2. The van der Waals surface area contributed by atoms with Gasteiger partial charge >= 0.3 is 0 Å². The number of rotatable bonds is 4. The fourth-order valence-corrected chi connectivity index (χ4v) is 3.91. The van der Waals surface area contributed by atoms with E-state index in [0.717, 1.165) is 16.1 Å². The first kappa shape index (κ1) is 18.4. The van der Waals surface area contributed by atoms with E-state index in [1.165, 1.54) is 23.5 Å². The van der Waals surface area contributed by atoms with Crippen LogP contribution < -0.4 is 16.2 Å². The minimum absolute atomic E-state index is 0.267. The van der Waals surface area contributed by atoms with Crippen LogP contribution in [0, 0.1) is 12.7 Å². The average Bonchev–Trinajstić information content (AvgIpc) is 3.28. The van der Waals surface area contributed by atoms with Crippen molar-refractivity contribution in [3.63, 3.8) is 0 Å². The molecule has 0 radical (unpaired) electrons. The number of hydrazine groups is 1. The highest BCUT2D eigenvalue weighted by atomic mass is 32.1. The van der Waals surface area contributed by atoms with Crippen LogP contribution in [0.4, 0.5) is 4.39 Å². The Morgan fingerprint density at radius 1 is 1.23 bits per heavy atom. The number of thiazole rings is 1. The van der Waals surface area contributed by atoms with Crippen LogP contribution in [0.1, 0.15) is 20.9 Å². The van der Waals surface area contributed by atoms with Gasteiger partial charge in [-0.2, -0.15) is 11.3 Å². The first-order valence-corrected chi connectivity index (χ1v) is 9.78. The normalized spacial score (nSPS) is 10.4. The maximum Gasteiger partial charge on any atom is 0.281 e. The molecule has 5 nitrogen and oxygen atoms in total. The van der Waals surface area contributed by atoms with Crippen molar-refractivity contribution in [2.24, 2.45) is 0 Å². The average molecular weight is 407 g/mol. The molecule has 1 amide bonds. The van der Waals surface area contributed by atoms with Crippen molar-refractivity contribution in [1.82, 2.24) is 21.2 Å². The Balaban J connectivity index is 1.52. The van der Waals surface area contributed by atoms with Crippen molar-refractivity contribution < 1.29 is 9.18 Å². The SMILES string of the molecule is Cc1nc(-c2ccsc2)sc1C(=O)NNC(=S)NCc1ccc(F)cc1. The lowest BCUT2D eigenvalue weighted by molar-refractivity contribution is 0.0947. The number of aromatic nitrogens is 1. The van der Waals surface area contributed by atoms with E-state index < -0.39 is 0 Å². The highest BCUT2D eigenvalue weighted by molar-refractivity contribution is 7.80. The third-order valence-electron chi connectivity index (χ3n) is 3.43. The topological polar surface area (TPSA) is 66.0 Å². The van der Waals surface area contributed by atoms with E-state index in [2.05, 4.69) is 21.2 Å². The van der Waals surface area contributed by atoms with Crippen molar-refractivity contribution in [1.29, 1.82) is 0 Å². The number of carbonyl (C=O) groups is 1. The van der Waals surface area contributed by atoms with Gasteiger partial charge in [0.05, 0.1) is 5.69 Å². The number of halogens is 1. The summed E-state index contributed by atoms with van der Waals surface area (Å²) in [5.41, 5.74) is 7.77. The lowest BCUT2D eigenvalue weighted by Gasteiger charge is -2.11. The number of hydrogen-bond donors (Lipinski definition) is 3. The van der Waals surface area contributed by atoms with Gasteiger partial charge in [0.1, 0.15) is 15.7 Å². The number of nitrogens with one attached hydrogen (secondary N) is 3. The molecule has 3 aromatic rings. The Morgan fingerprint density at radius 2 is 2.00 bits per heavy atom. The first-order chi connectivity index (χ1) is 12.5. The number of carbonyl (C=O) groups excluding carboxylic acids is 1. The minimum atomic E-state index is -0.299. The second-order valence-electron chi connectivity index (χ2n) is 5.33. The number of amides is 1. The highest BCUT2D eigenvalue weighted by Gasteiger charge is 2.16. The molecule has 9 heteroatoms. The third kappa shape index (κ3) is 4.63. The molecule has 0 bridgehead atoms. The zero-order chi connectivity index (χ0) is 18.5. The Bertz CT molecular complexity index is 907. The molecule has 0 spiro atoms. The van der Waals surface area contributed by atoms with Gasteiger partial charge in [0, 0.05) is 17.5 Å². The van der Waals surface area contributed by atoms with Crippen LogP contribution in [0.2, 0.25) is 0 Å². The molecule has 0 aliphatic carbocycles. The number of thiocarbonyl (C=S) groups is 1. The highest BCUT2D eigenvalue weighted by Crippen LogP contribution is 2.29. The van der Waals surface area contributed by atoms with Gasteiger partial charge in [-0.25, -0.2) is 9.37 Å². The molecule has 0 aliphatic heterocycles.